The SMILES string of the molecule is CCNCc1cc(OC)cc([N+](=O)[O-])c1. The van der Waals surface area contributed by atoms with Crippen LogP contribution in [-0.4, -0.2) is 18.6 Å². The lowest BCUT2D eigenvalue weighted by Gasteiger charge is -2.05. The molecule has 0 aliphatic rings. The molecule has 0 fully saturated rings. The first kappa shape index (κ1) is 11.5. The smallest absolute Gasteiger partial charge is 0.273 e. The van der Waals surface area contributed by atoms with Crippen LogP contribution in [0.15, 0.2) is 18.2 Å². The van der Waals surface area contributed by atoms with Crippen molar-refractivity contribution in [2.45, 2.75) is 13.5 Å². The number of ether oxygens (including phenoxy) is 1. The highest BCUT2D eigenvalue weighted by Crippen LogP contribution is 2.22. The first-order valence-corrected chi connectivity index (χ1v) is 4.70. The number of nitrogens with one attached hydrogen (secondary N) is 1. The van der Waals surface area contributed by atoms with Crippen LogP contribution < -0.4 is 10.1 Å². The van der Waals surface area contributed by atoms with Crippen LogP contribution in [0.5, 0.6) is 5.75 Å². The Morgan fingerprint density at radius 2 is 2.20 bits per heavy atom. The maximum Gasteiger partial charge on any atom is 0.273 e. The largest absolute Gasteiger partial charge is 0.496 e. The number of hydrogen-bond donors (Lipinski definition) is 1. The van der Waals surface area contributed by atoms with Crippen LogP contribution >= 0.6 is 0 Å². The minimum absolute atomic E-state index is 0.0576. The van der Waals surface area contributed by atoms with Gasteiger partial charge in [-0.3, -0.25) is 10.1 Å². The molecule has 0 unspecified atom stereocenters. The molecule has 0 heterocycles. The van der Waals surface area contributed by atoms with Crippen molar-refractivity contribution in [2.24, 2.45) is 0 Å². The van der Waals surface area contributed by atoms with Crippen molar-refractivity contribution >= 4 is 5.69 Å². The third-order valence-electron chi connectivity index (χ3n) is 1.98. The van der Waals surface area contributed by atoms with Crippen LogP contribution in [0.25, 0.3) is 0 Å². The monoisotopic (exact) mass is 210 g/mol. The zero-order valence-corrected chi connectivity index (χ0v) is 8.82. The second-order valence-corrected chi connectivity index (χ2v) is 3.08. The molecule has 0 atom stereocenters. The van der Waals surface area contributed by atoms with Gasteiger partial charge in [0, 0.05) is 12.6 Å². The first-order chi connectivity index (χ1) is 7.17. The van der Waals surface area contributed by atoms with E-state index in [2.05, 4.69) is 5.32 Å². The standard InChI is InChI=1S/C10H14N2O3/c1-3-11-7-8-4-9(12(13)14)6-10(5-8)15-2/h4-6,11H,3,7H2,1-2H3. The van der Waals surface area contributed by atoms with Crippen LogP contribution in [0, 0.1) is 10.1 Å². The number of nitro benzene ring substituents is 1. The molecule has 0 aliphatic carbocycles. The van der Waals surface area contributed by atoms with Crippen LogP contribution in [0.3, 0.4) is 0 Å². The van der Waals surface area contributed by atoms with Gasteiger partial charge in [0.05, 0.1) is 18.1 Å². The summed E-state index contributed by atoms with van der Waals surface area (Å²) in [6, 6.07) is 4.75. The summed E-state index contributed by atoms with van der Waals surface area (Å²) < 4.78 is 4.99. The van der Waals surface area contributed by atoms with E-state index in [1.807, 2.05) is 6.92 Å². The number of benzene rings is 1. The molecule has 0 radical (unpaired) electrons. The zero-order chi connectivity index (χ0) is 11.3. The van der Waals surface area contributed by atoms with Gasteiger partial charge in [-0.1, -0.05) is 6.92 Å². The molecule has 5 heteroatoms. The van der Waals surface area contributed by atoms with Crippen molar-refractivity contribution in [3.63, 3.8) is 0 Å². The normalized spacial score (nSPS) is 10.0. The molecule has 1 aromatic rings. The Morgan fingerprint density at radius 3 is 2.73 bits per heavy atom. The summed E-state index contributed by atoms with van der Waals surface area (Å²) in [5, 5.41) is 13.7. The summed E-state index contributed by atoms with van der Waals surface area (Å²) in [4.78, 5) is 10.2. The summed E-state index contributed by atoms with van der Waals surface area (Å²) in [6.45, 7) is 3.41. The molecule has 0 bridgehead atoms. The molecule has 5 nitrogen and oxygen atoms in total. The maximum absolute atomic E-state index is 10.6. The Kier molecular flexibility index (Phi) is 4.05. The summed E-state index contributed by atoms with van der Waals surface area (Å²) in [5.74, 6) is 0.511. The second-order valence-electron chi connectivity index (χ2n) is 3.08. The number of methoxy groups -OCH3 is 1. The molecule has 1 rings (SSSR count). The molecular formula is C10H14N2O3. The molecule has 1 N–H and O–H groups in total. The van der Waals surface area contributed by atoms with Gasteiger partial charge in [0.15, 0.2) is 0 Å². The van der Waals surface area contributed by atoms with E-state index in [4.69, 9.17) is 4.74 Å². The minimum atomic E-state index is -0.419. The predicted octanol–water partition coefficient (Wildman–Crippen LogP) is 1.71. The Hall–Kier alpha value is -1.62. The molecule has 0 aromatic heterocycles. The summed E-state index contributed by atoms with van der Waals surface area (Å²) in [5.41, 5.74) is 0.908. The van der Waals surface area contributed by atoms with Gasteiger partial charge in [-0.2, -0.15) is 0 Å². The van der Waals surface area contributed by atoms with Crippen LogP contribution in [0.2, 0.25) is 0 Å². The topological polar surface area (TPSA) is 64.4 Å². The first-order valence-electron chi connectivity index (χ1n) is 4.70. The van der Waals surface area contributed by atoms with Crippen molar-refractivity contribution in [1.82, 2.24) is 5.32 Å². The predicted molar refractivity (Wildman–Crippen MR) is 57.0 cm³/mol. The van der Waals surface area contributed by atoms with Crippen molar-refractivity contribution < 1.29 is 9.66 Å². The minimum Gasteiger partial charge on any atom is -0.496 e. The lowest BCUT2D eigenvalue weighted by atomic mass is 10.2. The fraction of sp³-hybridized carbons (Fsp3) is 0.400. The Labute approximate surface area is 88.2 Å². The highest BCUT2D eigenvalue weighted by molar-refractivity contribution is 5.42. The lowest BCUT2D eigenvalue weighted by molar-refractivity contribution is -0.385. The Balaban J connectivity index is 2.95. The van der Waals surface area contributed by atoms with Gasteiger partial charge in [-0.05, 0) is 18.2 Å². The van der Waals surface area contributed by atoms with E-state index in [0.717, 1.165) is 12.1 Å². The number of nitro groups is 1. The van der Waals surface area contributed by atoms with E-state index in [9.17, 15) is 10.1 Å². The van der Waals surface area contributed by atoms with Gasteiger partial charge in [0.1, 0.15) is 5.75 Å². The van der Waals surface area contributed by atoms with E-state index in [1.54, 1.807) is 12.1 Å². The van der Waals surface area contributed by atoms with Gasteiger partial charge in [-0.15, -0.1) is 0 Å². The quantitative estimate of drug-likeness (QED) is 0.593. The third-order valence-corrected chi connectivity index (χ3v) is 1.98. The number of rotatable bonds is 5. The third kappa shape index (κ3) is 3.21. The van der Waals surface area contributed by atoms with Gasteiger partial charge >= 0.3 is 0 Å². The average molecular weight is 210 g/mol. The molecule has 1 aromatic carbocycles. The fourth-order valence-corrected chi connectivity index (χ4v) is 1.24. The van der Waals surface area contributed by atoms with Gasteiger partial charge in [0.2, 0.25) is 0 Å². The van der Waals surface area contributed by atoms with Gasteiger partial charge in [0.25, 0.3) is 5.69 Å². The second kappa shape index (κ2) is 5.31. The lowest BCUT2D eigenvalue weighted by Crippen LogP contribution is -2.11. The van der Waals surface area contributed by atoms with E-state index in [1.165, 1.54) is 13.2 Å². The van der Waals surface area contributed by atoms with Crippen LogP contribution in [0.1, 0.15) is 12.5 Å². The van der Waals surface area contributed by atoms with Crippen molar-refractivity contribution in [2.75, 3.05) is 13.7 Å². The Bertz CT molecular complexity index is 353. The van der Waals surface area contributed by atoms with Crippen molar-refractivity contribution in [3.8, 4) is 5.75 Å². The molecule has 0 amide bonds. The van der Waals surface area contributed by atoms with Crippen molar-refractivity contribution in [3.05, 3.63) is 33.9 Å². The molecule has 0 spiro atoms. The highest BCUT2D eigenvalue weighted by Gasteiger charge is 2.09. The van der Waals surface area contributed by atoms with Crippen LogP contribution in [0.4, 0.5) is 5.69 Å². The van der Waals surface area contributed by atoms with Crippen molar-refractivity contribution in [1.29, 1.82) is 0 Å². The van der Waals surface area contributed by atoms with Gasteiger partial charge in [-0.25, -0.2) is 0 Å². The summed E-state index contributed by atoms with van der Waals surface area (Å²) >= 11 is 0. The molecule has 0 saturated carbocycles. The molecule has 0 saturated heterocycles. The maximum atomic E-state index is 10.6. The number of non-ortho nitro benzene ring substituents is 1. The molecular weight excluding hydrogens is 196 g/mol. The van der Waals surface area contributed by atoms with Crippen LogP contribution in [-0.2, 0) is 6.54 Å². The number of nitrogens with zero attached hydrogens (tertiary/aromatic N) is 1. The zero-order valence-electron chi connectivity index (χ0n) is 8.82. The van der Waals surface area contributed by atoms with E-state index in [-0.39, 0.29) is 5.69 Å². The highest BCUT2D eigenvalue weighted by atomic mass is 16.6. The van der Waals surface area contributed by atoms with Gasteiger partial charge < -0.3 is 10.1 Å². The number of hydrogen-bond acceptors (Lipinski definition) is 4. The van der Waals surface area contributed by atoms with E-state index < -0.39 is 4.92 Å². The summed E-state index contributed by atoms with van der Waals surface area (Å²) in [7, 11) is 1.50. The molecule has 82 valence electrons. The Morgan fingerprint density at radius 1 is 1.47 bits per heavy atom. The molecule has 15 heavy (non-hydrogen) atoms. The average Bonchev–Trinajstić information content (AvgIpc) is 2.25. The fourth-order valence-electron chi connectivity index (χ4n) is 1.24. The molecule has 0 aliphatic heterocycles. The van der Waals surface area contributed by atoms with E-state index >= 15 is 0 Å². The summed E-state index contributed by atoms with van der Waals surface area (Å²) in [6.07, 6.45) is 0. The van der Waals surface area contributed by atoms with E-state index in [0.29, 0.717) is 12.3 Å².